The van der Waals surface area contributed by atoms with Gasteiger partial charge in [-0.05, 0) is 60.9 Å². The number of carbonyl (C=O) groups excluding carboxylic acids is 1. The number of amides is 1. The molecule has 1 N–H and O–H groups in total. The zero-order valence-corrected chi connectivity index (χ0v) is 20.4. The van der Waals surface area contributed by atoms with Crippen molar-refractivity contribution in [3.63, 3.8) is 0 Å². The summed E-state index contributed by atoms with van der Waals surface area (Å²) in [6.07, 6.45) is 1.87. The van der Waals surface area contributed by atoms with Crippen molar-refractivity contribution in [1.82, 2.24) is 14.8 Å². The van der Waals surface area contributed by atoms with E-state index in [1.165, 1.54) is 0 Å². The fourth-order valence-corrected chi connectivity index (χ4v) is 4.15. The van der Waals surface area contributed by atoms with Crippen molar-refractivity contribution >= 4 is 34.3 Å². The van der Waals surface area contributed by atoms with Crippen LogP contribution in [0.2, 0.25) is 0 Å². The van der Waals surface area contributed by atoms with E-state index >= 15 is 0 Å². The first-order chi connectivity index (χ1) is 17.5. The van der Waals surface area contributed by atoms with Crippen molar-refractivity contribution in [3.8, 4) is 11.6 Å². The molecular weight excluding hydrogens is 448 g/mol. The lowest BCUT2D eigenvalue weighted by Crippen LogP contribution is -2.17. The number of aromatic nitrogens is 3. The highest BCUT2D eigenvalue weighted by atomic mass is 16.5. The van der Waals surface area contributed by atoms with Gasteiger partial charge in [-0.3, -0.25) is 4.79 Å². The first-order valence-electron chi connectivity index (χ1n) is 11.7. The van der Waals surface area contributed by atoms with Crippen molar-refractivity contribution in [3.05, 3.63) is 113 Å². The van der Waals surface area contributed by atoms with Gasteiger partial charge in [0, 0.05) is 17.0 Å². The number of methoxy groups -OCH3 is 1. The molecule has 0 saturated heterocycles. The van der Waals surface area contributed by atoms with Crippen LogP contribution in [0.4, 0.5) is 5.82 Å². The molecule has 0 unspecified atom stereocenters. The number of nitrogens with zero attached hydrogens (tertiary/aromatic N) is 3. The molecule has 3 aromatic carbocycles. The van der Waals surface area contributed by atoms with E-state index < -0.39 is 0 Å². The van der Waals surface area contributed by atoms with Gasteiger partial charge in [-0.1, -0.05) is 60.7 Å². The molecule has 2 heterocycles. The predicted octanol–water partition coefficient (Wildman–Crippen LogP) is 6.23. The molecule has 0 atom stereocenters. The normalized spacial score (nSPS) is 11.5. The molecule has 6 heteroatoms. The number of benzene rings is 3. The highest BCUT2D eigenvalue weighted by molar-refractivity contribution is 6.29. The summed E-state index contributed by atoms with van der Waals surface area (Å²) in [5, 5.41) is 8.78. The van der Waals surface area contributed by atoms with Gasteiger partial charge in [0.2, 0.25) is 0 Å². The molecule has 0 aliphatic heterocycles. The number of ether oxygens (including phenoxy) is 1. The van der Waals surface area contributed by atoms with E-state index in [1.807, 2.05) is 105 Å². The van der Waals surface area contributed by atoms with Gasteiger partial charge in [0.1, 0.15) is 11.6 Å². The molecule has 5 aromatic rings. The Bertz CT molecular complexity index is 1570. The average Bonchev–Trinajstić information content (AvgIpc) is 3.27. The summed E-state index contributed by atoms with van der Waals surface area (Å²) in [5.74, 6) is 1.72. The lowest BCUT2D eigenvalue weighted by Gasteiger charge is -2.13. The summed E-state index contributed by atoms with van der Waals surface area (Å²) in [5.41, 5.74) is 4.98. The number of hydrogen-bond acceptors (Lipinski definition) is 4. The third-order valence-electron chi connectivity index (χ3n) is 5.96. The number of aryl methyl sites for hydroxylation is 2. The summed E-state index contributed by atoms with van der Waals surface area (Å²) < 4.78 is 6.95. The third-order valence-corrected chi connectivity index (χ3v) is 5.96. The first kappa shape index (κ1) is 23.1. The highest BCUT2D eigenvalue weighted by Crippen LogP contribution is 2.25. The van der Waals surface area contributed by atoms with Gasteiger partial charge >= 0.3 is 0 Å². The van der Waals surface area contributed by atoms with Crippen LogP contribution in [0.3, 0.4) is 0 Å². The van der Waals surface area contributed by atoms with Crippen LogP contribution in [-0.4, -0.2) is 27.8 Å². The van der Waals surface area contributed by atoms with E-state index in [-0.39, 0.29) is 5.91 Å². The van der Waals surface area contributed by atoms with Crippen LogP contribution in [0.25, 0.3) is 28.4 Å². The van der Waals surface area contributed by atoms with Crippen LogP contribution in [0.15, 0.2) is 91.0 Å². The lowest BCUT2D eigenvalue weighted by molar-refractivity contribution is -0.111. The quantitative estimate of drug-likeness (QED) is 0.234. The maximum atomic E-state index is 13.6. The van der Waals surface area contributed by atoms with Gasteiger partial charge < -0.3 is 10.1 Å². The van der Waals surface area contributed by atoms with Gasteiger partial charge in [0.05, 0.1) is 18.3 Å². The van der Waals surface area contributed by atoms with Gasteiger partial charge in [-0.25, -0.2) is 4.98 Å². The van der Waals surface area contributed by atoms with Crippen LogP contribution in [0.5, 0.6) is 5.75 Å². The molecular formula is C30H26N4O2. The van der Waals surface area contributed by atoms with Crippen molar-refractivity contribution in [2.24, 2.45) is 0 Å². The Hall–Kier alpha value is -4.71. The van der Waals surface area contributed by atoms with E-state index in [4.69, 9.17) is 9.72 Å². The molecule has 2 aromatic heterocycles. The first-order valence-corrected chi connectivity index (χ1v) is 11.7. The molecule has 0 radical (unpaired) electrons. The number of carbonyl (C=O) groups is 1. The zero-order valence-electron chi connectivity index (χ0n) is 20.4. The Balaban J connectivity index is 1.53. The standard InChI is InChI=1S/C30H26N4O2/c1-20-17-28(31-27-12-8-7-11-25(20)27)34-29(18-21(2)33-34)32-30(35)26(23-9-5-4-6-10-23)19-22-13-15-24(36-3)16-14-22/h4-19H,1-3H3,(H,32,35)/b26-19+. The number of fused-ring (bicyclic) bond motifs is 1. The van der Waals surface area contributed by atoms with Gasteiger partial charge in [0.15, 0.2) is 5.82 Å². The molecule has 6 nitrogen and oxygen atoms in total. The second-order valence-electron chi connectivity index (χ2n) is 8.55. The van der Waals surface area contributed by atoms with Crippen molar-refractivity contribution in [2.75, 3.05) is 12.4 Å². The molecule has 178 valence electrons. The number of nitrogens with one attached hydrogen (secondary N) is 1. The fraction of sp³-hybridized carbons (Fsp3) is 0.100. The van der Waals surface area contributed by atoms with Crippen molar-refractivity contribution in [1.29, 1.82) is 0 Å². The van der Waals surface area contributed by atoms with E-state index in [0.29, 0.717) is 17.2 Å². The summed E-state index contributed by atoms with van der Waals surface area (Å²) in [7, 11) is 1.63. The molecule has 0 aliphatic carbocycles. The second-order valence-corrected chi connectivity index (χ2v) is 8.55. The van der Waals surface area contributed by atoms with Gasteiger partial charge in [0.25, 0.3) is 5.91 Å². The van der Waals surface area contributed by atoms with Crippen LogP contribution in [0.1, 0.15) is 22.4 Å². The minimum absolute atomic E-state index is 0.240. The molecule has 0 saturated carbocycles. The highest BCUT2D eigenvalue weighted by Gasteiger charge is 2.17. The van der Waals surface area contributed by atoms with E-state index in [0.717, 1.165) is 39.0 Å². The number of pyridine rings is 1. The second kappa shape index (κ2) is 9.88. The average molecular weight is 475 g/mol. The lowest BCUT2D eigenvalue weighted by atomic mass is 10.0. The fourth-order valence-electron chi connectivity index (χ4n) is 4.15. The van der Waals surface area contributed by atoms with Crippen molar-refractivity contribution < 1.29 is 9.53 Å². The Labute approximate surface area is 209 Å². The Morgan fingerprint density at radius 3 is 2.39 bits per heavy atom. The Morgan fingerprint density at radius 1 is 0.917 bits per heavy atom. The minimum atomic E-state index is -0.240. The van der Waals surface area contributed by atoms with E-state index in [9.17, 15) is 4.79 Å². The van der Waals surface area contributed by atoms with Crippen LogP contribution in [-0.2, 0) is 4.79 Å². The minimum Gasteiger partial charge on any atom is -0.497 e. The van der Waals surface area contributed by atoms with Crippen LogP contribution >= 0.6 is 0 Å². The number of anilines is 1. The molecule has 0 fully saturated rings. The predicted molar refractivity (Wildman–Crippen MR) is 144 cm³/mol. The number of para-hydroxylation sites is 1. The topological polar surface area (TPSA) is 69.0 Å². The van der Waals surface area contributed by atoms with Crippen LogP contribution in [0, 0.1) is 13.8 Å². The summed E-state index contributed by atoms with van der Waals surface area (Å²) >= 11 is 0. The molecule has 36 heavy (non-hydrogen) atoms. The molecule has 0 aliphatic rings. The van der Waals surface area contributed by atoms with E-state index in [2.05, 4.69) is 16.5 Å². The van der Waals surface area contributed by atoms with Crippen molar-refractivity contribution in [2.45, 2.75) is 13.8 Å². The maximum absolute atomic E-state index is 13.6. The Kier molecular flexibility index (Phi) is 6.33. The Morgan fingerprint density at radius 2 is 1.64 bits per heavy atom. The largest absolute Gasteiger partial charge is 0.497 e. The summed E-state index contributed by atoms with van der Waals surface area (Å²) in [4.78, 5) is 18.4. The molecule has 5 rings (SSSR count). The monoisotopic (exact) mass is 474 g/mol. The smallest absolute Gasteiger partial charge is 0.257 e. The van der Waals surface area contributed by atoms with Gasteiger partial charge in [-0.15, -0.1) is 0 Å². The third kappa shape index (κ3) is 4.74. The van der Waals surface area contributed by atoms with Gasteiger partial charge in [-0.2, -0.15) is 9.78 Å². The summed E-state index contributed by atoms with van der Waals surface area (Å²) in [6, 6.07) is 29.0. The molecule has 0 spiro atoms. The number of hydrogen-bond donors (Lipinski definition) is 1. The summed E-state index contributed by atoms with van der Waals surface area (Å²) in [6.45, 7) is 3.94. The number of rotatable bonds is 6. The zero-order chi connectivity index (χ0) is 25.1. The SMILES string of the molecule is COc1ccc(/C=C(/C(=O)Nc2cc(C)nn2-c2cc(C)c3ccccc3n2)c2ccccc2)cc1. The molecule has 1 amide bonds. The van der Waals surface area contributed by atoms with Crippen LogP contribution < -0.4 is 10.1 Å². The maximum Gasteiger partial charge on any atom is 0.257 e. The van der Waals surface area contributed by atoms with E-state index in [1.54, 1.807) is 11.8 Å². The molecule has 0 bridgehead atoms.